The van der Waals surface area contributed by atoms with E-state index >= 15 is 0 Å². The summed E-state index contributed by atoms with van der Waals surface area (Å²) in [7, 11) is 0. The average Bonchev–Trinajstić information content (AvgIpc) is 2.65. The van der Waals surface area contributed by atoms with Gasteiger partial charge in [-0.25, -0.2) is 0 Å². The van der Waals surface area contributed by atoms with Crippen molar-refractivity contribution in [3.05, 3.63) is 30.1 Å². The monoisotopic (exact) mass is 253 g/mol. The van der Waals surface area contributed by atoms with Crippen molar-refractivity contribution in [2.45, 2.75) is 20.3 Å². The molecule has 2 aromatic rings. The standard InChI is InChI=1S/C11H15N5.ClH/c1-8(2)6-11-13-14-15-16(11)10-5-3-4-9(12)7-10;/h3-5,7-8H,6,12H2,1-2H3;1H. The lowest BCUT2D eigenvalue weighted by Gasteiger charge is -2.06. The largest absolute Gasteiger partial charge is 0.399 e. The van der Waals surface area contributed by atoms with Crippen LogP contribution in [0.2, 0.25) is 0 Å². The van der Waals surface area contributed by atoms with Crippen LogP contribution in [-0.4, -0.2) is 20.2 Å². The Balaban J connectivity index is 0.00000144. The molecule has 0 atom stereocenters. The number of nitrogen functional groups attached to an aromatic ring is 1. The van der Waals surface area contributed by atoms with Crippen LogP contribution in [0, 0.1) is 5.92 Å². The summed E-state index contributed by atoms with van der Waals surface area (Å²) in [5.74, 6) is 1.38. The molecule has 0 aliphatic heterocycles. The molecule has 0 amide bonds. The van der Waals surface area contributed by atoms with Crippen LogP contribution in [0.4, 0.5) is 5.69 Å². The summed E-state index contributed by atoms with van der Waals surface area (Å²) in [5, 5.41) is 11.7. The molecule has 0 bridgehead atoms. The van der Waals surface area contributed by atoms with Crippen LogP contribution in [0.1, 0.15) is 19.7 Å². The maximum absolute atomic E-state index is 5.73. The normalized spacial score (nSPS) is 10.3. The first kappa shape index (κ1) is 13.4. The number of hydrogen-bond acceptors (Lipinski definition) is 4. The summed E-state index contributed by atoms with van der Waals surface area (Å²) in [6.07, 6.45) is 0.849. The Morgan fingerprint density at radius 2 is 2.12 bits per heavy atom. The predicted octanol–water partition coefficient (Wildman–Crippen LogP) is 1.86. The molecule has 6 heteroatoms. The Hall–Kier alpha value is -1.62. The molecule has 1 aromatic heterocycles. The molecule has 0 aliphatic carbocycles. The second-order valence-corrected chi connectivity index (χ2v) is 4.20. The Morgan fingerprint density at radius 1 is 1.35 bits per heavy atom. The van der Waals surface area contributed by atoms with Crippen molar-refractivity contribution in [3.63, 3.8) is 0 Å². The van der Waals surface area contributed by atoms with E-state index in [2.05, 4.69) is 29.4 Å². The second kappa shape index (κ2) is 5.63. The third-order valence-corrected chi connectivity index (χ3v) is 2.24. The Morgan fingerprint density at radius 3 is 2.76 bits per heavy atom. The minimum Gasteiger partial charge on any atom is -0.399 e. The molecular formula is C11H16ClN5. The molecule has 0 unspecified atom stereocenters. The fraction of sp³-hybridized carbons (Fsp3) is 0.364. The zero-order valence-corrected chi connectivity index (χ0v) is 10.7. The first-order chi connectivity index (χ1) is 7.66. The summed E-state index contributed by atoms with van der Waals surface area (Å²) in [4.78, 5) is 0. The minimum atomic E-state index is 0. The molecular weight excluding hydrogens is 238 g/mol. The van der Waals surface area contributed by atoms with Gasteiger partial charge in [0.2, 0.25) is 0 Å². The Labute approximate surface area is 106 Å². The van der Waals surface area contributed by atoms with Gasteiger partial charge in [-0.15, -0.1) is 17.5 Å². The second-order valence-electron chi connectivity index (χ2n) is 4.20. The molecule has 17 heavy (non-hydrogen) atoms. The minimum absolute atomic E-state index is 0. The van der Waals surface area contributed by atoms with E-state index in [1.54, 1.807) is 4.68 Å². The van der Waals surface area contributed by atoms with Gasteiger partial charge in [0.25, 0.3) is 0 Å². The molecule has 1 aromatic carbocycles. The smallest absolute Gasteiger partial charge is 0.156 e. The quantitative estimate of drug-likeness (QED) is 0.848. The maximum Gasteiger partial charge on any atom is 0.156 e. The van der Waals surface area contributed by atoms with Gasteiger partial charge < -0.3 is 5.73 Å². The predicted molar refractivity (Wildman–Crippen MR) is 69.4 cm³/mol. The van der Waals surface area contributed by atoms with Crippen LogP contribution in [0.25, 0.3) is 5.69 Å². The first-order valence-electron chi connectivity index (χ1n) is 5.30. The number of rotatable bonds is 3. The van der Waals surface area contributed by atoms with Gasteiger partial charge in [-0.1, -0.05) is 19.9 Å². The summed E-state index contributed by atoms with van der Waals surface area (Å²) < 4.78 is 1.73. The molecule has 0 saturated carbocycles. The van der Waals surface area contributed by atoms with E-state index < -0.39 is 0 Å². The number of nitrogens with two attached hydrogens (primary N) is 1. The lowest BCUT2D eigenvalue weighted by Crippen LogP contribution is -2.06. The van der Waals surface area contributed by atoms with Gasteiger partial charge >= 0.3 is 0 Å². The highest BCUT2D eigenvalue weighted by Crippen LogP contribution is 2.13. The third kappa shape index (κ3) is 3.17. The van der Waals surface area contributed by atoms with E-state index in [0.29, 0.717) is 11.6 Å². The lowest BCUT2D eigenvalue weighted by atomic mass is 10.1. The van der Waals surface area contributed by atoms with Crippen LogP contribution in [-0.2, 0) is 6.42 Å². The van der Waals surface area contributed by atoms with Crippen molar-refractivity contribution in [2.75, 3.05) is 5.73 Å². The summed E-state index contributed by atoms with van der Waals surface area (Å²) in [5.41, 5.74) is 7.35. The number of tetrazole rings is 1. The van der Waals surface area contributed by atoms with Gasteiger partial charge in [0, 0.05) is 12.1 Å². The molecule has 92 valence electrons. The lowest BCUT2D eigenvalue weighted by molar-refractivity contribution is 0.605. The maximum atomic E-state index is 5.73. The molecule has 0 aliphatic rings. The number of halogens is 1. The van der Waals surface area contributed by atoms with Crippen molar-refractivity contribution in [2.24, 2.45) is 5.92 Å². The van der Waals surface area contributed by atoms with Gasteiger partial charge in [0.15, 0.2) is 5.82 Å². The zero-order valence-electron chi connectivity index (χ0n) is 9.87. The van der Waals surface area contributed by atoms with Gasteiger partial charge in [-0.3, -0.25) is 0 Å². The van der Waals surface area contributed by atoms with Crippen molar-refractivity contribution >= 4 is 18.1 Å². The van der Waals surface area contributed by atoms with Crippen molar-refractivity contribution in [1.29, 1.82) is 0 Å². The zero-order chi connectivity index (χ0) is 11.5. The summed E-state index contributed by atoms with van der Waals surface area (Å²) in [6, 6.07) is 7.54. The fourth-order valence-corrected chi connectivity index (χ4v) is 1.56. The van der Waals surface area contributed by atoms with Crippen molar-refractivity contribution in [1.82, 2.24) is 20.2 Å². The third-order valence-electron chi connectivity index (χ3n) is 2.24. The highest BCUT2D eigenvalue weighted by Gasteiger charge is 2.09. The molecule has 0 fully saturated rings. The van der Waals surface area contributed by atoms with E-state index in [0.717, 1.165) is 17.9 Å². The summed E-state index contributed by atoms with van der Waals surface area (Å²) >= 11 is 0. The Bertz CT molecular complexity index is 480. The molecule has 0 saturated heterocycles. The molecule has 0 spiro atoms. The number of benzene rings is 1. The number of aromatic nitrogens is 4. The SMILES string of the molecule is CC(C)Cc1nnnn1-c1cccc(N)c1.Cl. The number of anilines is 1. The van der Waals surface area contributed by atoms with Crippen LogP contribution >= 0.6 is 12.4 Å². The van der Waals surface area contributed by atoms with E-state index in [4.69, 9.17) is 5.73 Å². The first-order valence-corrected chi connectivity index (χ1v) is 5.30. The average molecular weight is 254 g/mol. The van der Waals surface area contributed by atoms with Gasteiger partial charge in [-0.2, -0.15) is 4.68 Å². The fourth-order valence-electron chi connectivity index (χ4n) is 1.56. The number of hydrogen-bond donors (Lipinski definition) is 1. The molecule has 2 N–H and O–H groups in total. The van der Waals surface area contributed by atoms with Crippen LogP contribution in [0.5, 0.6) is 0 Å². The molecule has 0 radical (unpaired) electrons. The van der Waals surface area contributed by atoms with Crippen molar-refractivity contribution in [3.8, 4) is 5.69 Å². The van der Waals surface area contributed by atoms with Crippen LogP contribution < -0.4 is 5.73 Å². The van der Waals surface area contributed by atoms with E-state index in [9.17, 15) is 0 Å². The topological polar surface area (TPSA) is 69.6 Å². The molecule has 2 rings (SSSR count). The molecule has 1 heterocycles. The Kier molecular flexibility index (Phi) is 4.45. The van der Waals surface area contributed by atoms with Gasteiger partial charge in [-0.05, 0) is 34.5 Å². The van der Waals surface area contributed by atoms with Crippen molar-refractivity contribution < 1.29 is 0 Å². The number of nitrogens with zero attached hydrogens (tertiary/aromatic N) is 4. The summed E-state index contributed by atoms with van der Waals surface area (Å²) in [6.45, 7) is 4.27. The van der Waals surface area contributed by atoms with Gasteiger partial charge in [0.05, 0.1) is 5.69 Å². The highest BCUT2D eigenvalue weighted by atomic mass is 35.5. The highest BCUT2D eigenvalue weighted by molar-refractivity contribution is 5.85. The van der Waals surface area contributed by atoms with Gasteiger partial charge in [0.1, 0.15) is 0 Å². The van der Waals surface area contributed by atoms with Crippen LogP contribution in [0.15, 0.2) is 24.3 Å². The molecule has 5 nitrogen and oxygen atoms in total. The van der Waals surface area contributed by atoms with Crippen LogP contribution in [0.3, 0.4) is 0 Å². The van der Waals surface area contributed by atoms with E-state index in [-0.39, 0.29) is 12.4 Å². The van der Waals surface area contributed by atoms with E-state index in [1.807, 2.05) is 24.3 Å². The van der Waals surface area contributed by atoms with E-state index in [1.165, 1.54) is 0 Å².